The van der Waals surface area contributed by atoms with Crippen LogP contribution in [0.15, 0.2) is 18.2 Å². The summed E-state index contributed by atoms with van der Waals surface area (Å²) < 4.78 is 13.6. The molecule has 15 heavy (non-hydrogen) atoms. The van der Waals surface area contributed by atoms with Gasteiger partial charge in [-0.1, -0.05) is 6.07 Å². The van der Waals surface area contributed by atoms with E-state index in [2.05, 4.69) is 5.32 Å². The number of benzene rings is 1. The maximum absolute atomic E-state index is 13.6. The van der Waals surface area contributed by atoms with Gasteiger partial charge < -0.3 is 10.2 Å². The lowest BCUT2D eigenvalue weighted by Gasteiger charge is -2.33. The van der Waals surface area contributed by atoms with E-state index in [0.717, 1.165) is 0 Å². The van der Waals surface area contributed by atoms with Crippen molar-refractivity contribution in [1.29, 1.82) is 0 Å². The van der Waals surface area contributed by atoms with E-state index in [1.165, 1.54) is 11.0 Å². The minimum atomic E-state index is -0.359. The average Bonchev–Trinajstić information content (AvgIpc) is 2.18. The van der Waals surface area contributed by atoms with Crippen molar-refractivity contribution >= 4 is 17.3 Å². The molecule has 1 heterocycles. The Morgan fingerprint density at radius 2 is 2.20 bits per heavy atom. The minimum absolute atomic E-state index is 0.0322. The van der Waals surface area contributed by atoms with E-state index in [1.54, 1.807) is 12.1 Å². The molecule has 0 unspecified atom stereocenters. The molecule has 0 atom stereocenters. The number of anilines is 2. The first-order chi connectivity index (χ1) is 7.11. The number of carbonyl (C=O) groups is 1. The molecule has 4 heteroatoms. The highest BCUT2D eigenvalue weighted by atomic mass is 19.1. The van der Waals surface area contributed by atoms with Gasteiger partial charge in [-0.2, -0.15) is 0 Å². The number of nitrogens with zero attached hydrogens (tertiary/aromatic N) is 1. The lowest BCUT2D eigenvalue weighted by Crippen LogP contribution is -2.44. The van der Waals surface area contributed by atoms with Crippen LogP contribution in [0, 0.1) is 5.82 Å². The number of para-hydroxylation sites is 1. The quantitative estimate of drug-likeness (QED) is 0.765. The number of fused-ring (bicyclic) bond motifs is 1. The summed E-state index contributed by atoms with van der Waals surface area (Å²) >= 11 is 0. The zero-order valence-corrected chi connectivity index (χ0v) is 8.75. The van der Waals surface area contributed by atoms with Crippen molar-refractivity contribution in [3.8, 4) is 0 Å². The summed E-state index contributed by atoms with van der Waals surface area (Å²) in [5.41, 5.74) is 1.05. The molecule has 1 aromatic rings. The van der Waals surface area contributed by atoms with Gasteiger partial charge >= 0.3 is 0 Å². The zero-order valence-electron chi connectivity index (χ0n) is 8.75. The number of hydrogen-bond donors (Lipinski definition) is 1. The van der Waals surface area contributed by atoms with Gasteiger partial charge in [0.05, 0.1) is 12.2 Å². The molecule has 0 aromatic heterocycles. The van der Waals surface area contributed by atoms with E-state index < -0.39 is 0 Å². The van der Waals surface area contributed by atoms with Gasteiger partial charge in [0.25, 0.3) is 0 Å². The number of nitrogens with one attached hydrogen (secondary N) is 1. The molecule has 1 N–H and O–H groups in total. The van der Waals surface area contributed by atoms with Crippen LogP contribution < -0.4 is 10.2 Å². The number of amides is 1. The van der Waals surface area contributed by atoms with Crippen molar-refractivity contribution < 1.29 is 9.18 Å². The van der Waals surface area contributed by atoms with Crippen LogP contribution in [-0.2, 0) is 4.79 Å². The summed E-state index contributed by atoms with van der Waals surface area (Å²) in [4.78, 5) is 13.1. The number of halogens is 1. The second kappa shape index (κ2) is 3.53. The van der Waals surface area contributed by atoms with Crippen LogP contribution in [0.4, 0.5) is 15.8 Å². The van der Waals surface area contributed by atoms with Crippen molar-refractivity contribution in [3.63, 3.8) is 0 Å². The Morgan fingerprint density at radius 3 is 2.87 bits per heavy atom. The van der Waals surface area contributed by atoms with Crippen LogP contribution in [0.25, 0.3) is 0 Å². The topological polar surface area (TPSA) is 32.3 Å². The van der Waals surface area contributed by atoms with Crippen LogP contribution in [0.2, 0.25) is 0 Å². The van der Waals surface area contributed by atoms with Crippen molar-refractivity contribution in [3.05, 3.63) is 24.0 Å². The zero-order chi connectivity index (χ0) is 11.0. The van der Waals surface area contributed by atoms with Crippen LogP contribution in [0.1, 0.15) is 13.8 Å². The molecular weight excluding hydrogens is 195 g/mol. The van der Waals surface area contributed by atoms with Crippen LogP contribution in [-0.4, -0.2) is 18.5 Å². The van der Waals surface area contributed by atoms with Crippen LogP contribution in [0.5, 0.6) is 0 Å². The highest BCUT2D eigenvalue weighted by Gasteiger charge is 2.28. The smallest absolute Gasteiger partial charge is 0.246 e. The van der Waals surface area contributed by atoms with Crippen molar-refractivity contribution in [2.45, 2.75) is 19.9 Å². The van der Waals surface area contributed by atoms with Crippen molar-refractivity contribution in [2.75, 3.05) is 16.8 Å². The van der Waals surface area contributed by atoms with Gasteiger partial charge in [0.15, 0.2) is 0 Å². The first-order valence-corrected chi connectivity index (χ1v) is 4.95. The molecule has 1 amide bonds. The number of carbonyl (C=O) groups excluding carboxylic acids is 1. The standard InChI is InChI=1S/C11H13FN2O/c1-7(2)14-10(15)6-13-9-5-3-4-8(12)11(9)14/h3-5,7,13H,6H2,1-2H3. The molecule has 0 radical (unpaired) electrons. The largest absolute Gasteiger partial charge is 0.374 e. The predicted octanol–water partition coefficient (Wildman–Crippen LogP) is 1.99. The van der Waals surface area contributed by atoms with Gasteiger partial charge in [0, 0.05) is 6.04 Å². The molecule has 3 nitrogen and oxygen atoms in total. The Labute approximate surface area is 87.9 Å². The molecule has 0 bridgehead atoms. The summed E-state index contributed by atoms with van der Waals surface area (Å²) in [6.07, 6.45) is 0. The Bertz CT molecular complexity index is 404. The Hall–Kier alpha value is -1.58. The van der Waals surface area contributed by atoms with Crippen LogP contribution in [0.3, 0.4) is 0 Å². The third kappa shape index (κ3) is 1.56. The van der Waals surface area contributed by atoms with E-state index >= 15 is 0 Å². The maximum Gasteiger partial charge on any atom is 0.246 e. The van der Waals surface area contributed by atoms with E-state index in [1.807, 2.05) is 13.8 Å². The number of rotatable bonds is 1. The van der Waals surface area contributed by atoms with Crippen molar-refractivity contribution in [1.82, 2.24) is 0 Å². The highest BCUT2D eigenvalue weighted by molar-refractivity contribution is 6.03. The van der Waals surface area contributed by atoms with Gasteiger partial charge in [-0.15, -0.1) is 0 Å². The SMILES string of the molecule is CC(C)N1C(=O)CNc2cccc(F)c21. The molecule has 0 fully saturated rings. The molecule has 0 saturated carbocycles. The van der Waals surface area contributed by atoms with Gasteiger partial charge in [0.2, 0.25) is 5.91 Å². The van der Waals surface area contributed by atoms with Gasteiger partial charge in [-0.3, -0.25) is 4.79 Å². The first-order valence-electron chi connectivity index (χ1n) is 4.95. The molecule has 2 rings (SSSR count). The fraction of sp³-hybridized carbons (Fsp3) is 0.364. The van der Waals surface area contributed by atoms with Gasteiger partial charge in [0.1, 0.15) is 11.5 Å². The molecule has 1 aliphatic heterocycles. The lowest BCUT2D eigenvalue weighted by molar-refractivity contribution is -0.117. The predicted molar refractivity (Wildman–Crippen MR) is 57.5 cm³/mol. The minimum Gasteiger partial charge on any atom is -0.374 e. The molecule has 1 aliphatic rings. The average molecular weight is 208 g/mol. The Morgan fingerprint density at radius 1 is 1.47 bits per heavy atom. The van der Waals surface area contributed by atoms with Crippen molar-refractivity contribution in [2.24, 2.45) is 0 Å². The summed E-state index contributed by atoms with van der Waals surface area (Å²) in [7, 11) is 0. The monoisotopic (exact) mass is 208 g/mol. The third-order valence-corrected chi connectivity index (χ3v) is 2.44. The first kappa shape index (κ1) is 9.96. The maximum atomic E-state index is 13.6. The summed E-state index contributed by atoms with van der Waals surface area (Å²) in [5.74, 6) is -0.454. The molecule has 1 aromatic carbocycles. The second-order valence-corrected chi connectivity index (χ2v) is 3.85. The fourth-order valence-corrected chi connectivity index (χ4v) is 1.83. The van der Waals surface area contributed by atoms with E-state index in [4.69, 9.17) is 0 Å². The summed E-state index contributed by atoms with van der Waals surface area (Å²) in [6.45, 7) is 3.98. The summed E-state index contributed by atoms with van der Waals surface area (Å²) in [5, 5.41) is 2.91. The normalized spacial score (nSPS) is 15.2. The molecule has 80 valence electrons. The fourth-order valence-electron chi connectivity index (χ4n) is 1.83. The molecular formula is C11H13FN2O. The van der Waals surface area contributed by atoms with Gasteiger partial charge in [-0.25, -0.2) is 4.39 Å². The van der Waals surface area contributed by atoms with E-state index in [-0.39, 0.29) is 24.3 Å². The van der Waals surface area contributed by atoms with E-state index in [9.17, 15) is 9.18 Å². The highest BCUT2D eigenvalue weighted by Crippen LogP contribution is 2.33. The molecule has 0 saturated heterocycles. The third-order valence-electron chi connectivity index (χ3n) is 2.44. The summed E-state index contributed by atoms with van der Waals surface area (Å²) in [6, 6.07) is 4.75. The lowest BCUT2D eigenvalue weighted by atomic mass is 10.1. The van der Waals surface area contributed by atoms with Crippen LogP contribution >= 0.6 is 0 Å². The Balaban J connectivity index is 2.55. The van der Waals surface area contributed by atoms with Gasteiger partial charge in [-0.05, 0) is 26.0 Å². The second-order valence-electron chi connectivity index (χ2n) is 3.85. The van der Waals surface area contributed by atoms with E-state index in [0.29, 0.717) is 11.4 Å². The molecule has 0 spiro atoms. The Kier molecular flexibility index (Phi) is 2.34. The molecule has 0 aliphatic carbocycles. The number of hydrogen-bond acceptors (Lipinski definition) is 2.